The Balaban J connectivity index is 2.32. The van der Waals surface area contributed by atoms with Crippen molar-refractivity contribution in [3.63, 3.8) is 0 Å². The fourth-order valence-corrected chi connectivity index (χ4v) is 2.21. The fraction of sp³-hybridized carbons (Fsp3) is 0.455. The highest BCUT2D eigenvalue weighted by atomic mass is 35.5. The Morgan fingerprint density at radius 1 is 1.71 bits per heavy atom. The van der Waals surface area contributed by atoms with Gasteiger partial charge in [0.15, 0.2) is 0 Å². The second-order valence-corrected chi connectivity index (χ2v) is 4.42. The zero-order valence-corrected chi connectivity index (χ0v) is 10.4. The maximum atomic E-state index is 7.45. The molecule has 1 fully saturated rings. The van der Waals surface area contributed by atoms with Crippen LogP contribution >= 0.6 is 11.6 Å². The molecule has 0 bridgehead atoms. The molecule has 1 unspecified atom stereocenters. The van der Waals surface area contributed by atoms with Crippen LogP contribution in [0.5, 0.6) is 0 Å². The molecule has 0 amide bonds. The van der Waals surface area contributed by atoms with Gasteiger partial charge in [0, 0.05) is 24.8 Å². The SMILES string of the molecule is CC1CN(c2nccc(C(=N)N)c2Cl)CCO1. The molecule has 0 aromatic carbocycles. The molecule has 92 valence electrons. The van der Waals surface area contributed by atoms with Gasteiger partial charge in [-0.1, -0.05) is 11.6 Å². The largest absolute Gasteiger partial charge is 0.384 e. The molecule has 5 nitrogen and oxygen atoms in total. The number of morpholine rings is 1. The van der Waals surface area contributed by atoms with E-state index in [2.05, 4.69) is 9.88 Å². The van der Waals surface area contributed by atoms with Crippen molar-refractivity contribution in [3.05, 3.63) is 22.8 Å². The highest BCUT2D eigenvalue weighted by Crippen LogP contribution is 2.27. The number of nitrogens with two attached hydrogens (primary N) is 1. The Labute approximate surface area is 105 Å². The van der Waals surface area contributed by atoms with Gasteiger partial charge >= 0.3 is 0 Å². The van der Waals surface area contributed by atoms with Crippen LogP contribution in [0, 0.1) is 5.41 Å². The van der Waals surface area contributed by atoms with E-state index in [-0.39, 0.29) is 11.9 Å². The molecule has 2 heterocycles. The highest BCUT2D eigenvalue weighted by Gasteiger charge is 2.21. The molecule has 0 aliphatic carbocycles. The third-order valence-corrected chi connectivity index (χ3v) is 3.07. The lowest BCUT2D eigenvalue weighted by Gasteiger charge is -2.32. The molecule has 1 saturated heterocycles. The van der Waals surface area contributed by atoms with Crippen LogP contribution in [0.3, 0.4) is 0 Å². The van der Waals surface area contributed by atoms with Gasteiger partial charge < -0.3 is 15.4 Å². The summed E-state index contributed by atoms with van der Waals surface area (Å²) >= 11 is 6.22. The van der Waals surface area contributed by atoms with Crippen molar-refractivity contribution >= 4 is 23.3 Å². The van der Waals surface area contributed by atoms with Crippen LogP contribution in [-0.2, 0) is 4.74 Å². The van der Waals surface area contributed by atoms with E-state index in [1.54, 1.807) is 12.3 Å². The number of nitrogens with one attached hydrogen (secondary N) is 1. The van der Waals surface area contributed by atoms with E-state index in [1.807, 2.05) is 6.92 Å². The van der Waals surface area contributed by atoms with Crippen molar-refractivity contribution in [1.29, 1.82) is 5.41 Å². The quantitative estimate of drug-likeness (QED) is 0.615. The molecular weight excluding hydrogens is 240 g/mol. The lowest BCUT2D eigenvalue weighted by atomic mass is 10.2. The topological polar surface area (TPSA) is 75.2 Å². The number of pyridine rings is 1. The van der Waals surface area contributed by atoms with E-state index in [1.165, 1.54) is 0 Å². The number of ether oxygens (including phenoxy) is 1. The summed E-state index contributed by atoms with van der Waals surface area (Å²) in [6.07, 6.45) is 1.78. The molecule has 1 aromatic rings. The Morgan fingerprint density at radius 3 is 3.12 bits per heavy atom. The molecule has 1 aromatic heterocycles. The molecule has 1 aliphatic heterocycles. The minimum atomic E-state index is -0.0417. The Morgan fingerprint density at radius 2 is 2.47 bits per heavy atom. The number of hydrogen-bond acceptors (Lipinski definition) is 4. The summed E-state index contributed by atoms with van der Waals surface area (Å²) < 4.78 is 5.47. The van der Waals surface area contributed by atoms with Gasteiger partial charge in [0.2, 0.25) is 0 Å². The summed E-state index contributed by atoms with van der Waals surface area (Å²) in [4.78, 5) is 6.32. The summed E-state index contributed by atoms with van der Waals surface area (Å²) in [6, 6.07) is 1.65. The number of nitrogens with zero attached hydrogens (tertiary/aromatic N) is 2. The maximum absolute atomic E-state index is 7.45. The van der Waals surface area contributed by atoms with Crippen LogP contribution in [0.4, 0.5) is 5.82 Å². The van der Waals surface area contributed by atoms with E-state index in [9.17, 15) is 0 Å². The van der Waals surface area contributed by atoms with Gasteiger partial charge in [0.1, 0.15) is 11.7 Å². The first-order valence-corrected chi connectivity index (χ1v) is 5.83. The summed E-state index contributed by atoms with van der Waals surface area (Å²) in [6.45, 7) is 4.16. The number of halogens is 1. The molecule has 17 heavy (non-hydrogen) atoms. The number of aromatic nitrogens is 1. The average molecular weight is 255 g/mol. The fourth-order valence-electron chi connectivity index (χ4n) is 1.87. The zero-order valence-electron chi connectivity index (χ0n) is 9.61. The lowest BCUT2D eigenvalue weighted by Crippen LogP contribution is -2.41. The second-order valence-electron chi connectivity index (χ2n) is 4.04. The Bertz CT molecular complexity index is 437. The van der Waals surface area contributed by atoms with Gasteiger partial charge in [-0.3, -0.25) is 5.41 Å². The van der Waals surface area contributed by atoms with Gasteiger partial charge in [-0.25, -0.2) is 4.98 Å². The molecule has 0 radical (unpaired) electrons. The summed E-state index contributed by atoms with van der Waals surface area (Å²) in [7, 11) is 0. The molecular formula is C11H15ClN4O. The normalized spacial score (nSPS) is 20.4. The van der Waals surface area contributed by atoms with Crippen molar-refractivity contribution in [3.8, 4) is 0 Å². The summed E-state index contributed by atoms with van der Waals surface area (Å²) in [5.74, 6) is 0.634. The third-order valence-electron chi connectivity index (χ3n) is 2.70. The van der Waals surface area contributed by atoms with Crippen molar-refractivity contribution in [2.75, 3.05) is 24.6 Å². The highest BCUT2D eigenvalue weighted by molar-refractivity contribution is 6.36. The van der Waals surface area contributed by atoms with Gasteiger partial charge in [-0.15, -0.1) is 0 Å². The van der Waals surface area contributed by atoms with Crippen molar-refractivity contribution in [2.24, 2.45) is 5.73 Å². The van der Waals surface area contributed by atoms with Gasteiger partial charge in [0.25, 0.3) is 0 Å². The molecule has 0 spiro atoms. The van der Waals surface area contributed by atoms with Gasteiger partial charge in [-0.05, 0) is 13.0 Å². The molecule has 1 atom stereocenters. The van der Waals surface area contributed by atoms with Gasteiger partial charge in [0.05, 0.1) is 17.7 Å². The van der Waals surface area contributed by atoms with Crippen LogP contribution in [0.1, 0.15) is 12.5 Å². The minimum Gasteiger partial charge on any atom is -0.384 e. The summed E-state index contributed by atoms with van der Waals surface area (Å²) in [5.41, 5.74) is 5.99. The van der Waals surface area contributed by atoms with Crippen molar-refractivity contribution < 1.29 is 4.74 Å². The number of hydrogen-bond donors (Lipinski definition) is 2. The van der Waals surface area contributed by atoms with E-state index in [0.29, 0.717) is 23.0 Å². The number of nitrogen functional groups attached to an aromatic ring is 1. The van der Waals surface area contributed by atoms with Crippen LogP contribution in [0.2, 0.25) is 5.02 Å². The number of amidine groups is 1. The number of rotatable bonds is 2. The van der Waals surface area contributed by atoms with Gasteiger partial charge in [-0.2, -0.15) is 0 Å². The molecule has 2 rings (SSSR count). The van der Waals surface area contributed by atoms with Crippen LogP contribution in [0.25, 0.3) is 0 Å². The summed E-state index contributed by atoms with van der Waals surface area (Å²) in [5, 5.41) is 7.89. The van der Waals surface area contributed by atoms with E-state index >= 15 is 0 Å². The standard InChI is InChI=1S/C11H15ClN4O/c1-7-6-16(4-5-17-7)11-9(12)8(10(13)14)2-3-15-11/h2-3,7H,4-6H2,1H3,(H3,13,14). The monoisotopic (exact) mass is 254 g/mol. The smallest absolute Gasteiger partial charge is 0.148 e. The average Bonchev–Trinajstić information content (AvgIpc) is 2.29. The van der Waals surface area contributed by atoms with Crippen LogP contribution in [0.15, 0.2) is 12.3 Å². The predicted molar refractivity (Wildman–Crippen MR) is 67.9 cm³/mol. The predicted octanol–water partition coefficient (Wildman–Crippen LogP) is 1.24. The second kappa shape index (κ2) is 4.89. The lowest BCUT2D eigenvalue weighted by molar-refractivity contribution is 0.0529. The van der Waals surface area contributed by atoms with Crippen LogP contribution in [-0.4, -0.2) is 36.6 Å². The first kappa shape index (κ1) is 12.1. The van der Waals surface area contributed by atoms with Crippen molar-refractivity contribution in [1.82, 2.24) is 4.98 Å². The zero-order chi connectivity index (χ0) is 12.4. The first-order chi connectivity index (χ1) is 8.09. The van der Waals surface area contributed by atoms with E-state index < -0.39 is 0 Å². The van der Waals surface area contributed by atoms with E-state index in [0.717, 1.165) is 13.1 Å². The number of anilines is 1. The molecule has 1 aliphatic rings. The molecule has 6 heteroatoms. The maximum Gasteiger partial charge on any atom is 0.148 e. The molecule has 3 N–H and O–H groups in total. The minimum absolute atomic E-state index is 0.0417. The van der Waals surface area contributed by atoms with E-state index in [4.69, 9.17) is 27.5 Å². The third kappa shape index (κ3) is 2.50. The first-order valence-electron chi connectivity index (χ1n) is 5.45. The molecule has 0 saturated carbocycles. The van der Waals surface area contributed by atoms with Crippen molar-refractivity contribution in [2.45, 2.75) is 13.0 Å². The van der Waals surface area contributed by atoms with Crippen LogP contribution < -0.4 is 10.6 Å². The Hall–Kier alpha value is -1.33. The Kier molecular flexibility index (Phi) is 3.49.